The SMILES string of the molecule is C[C@H]1Cc2ccccc2N1C(=O)c1ccc(Cl)cc1[N+](=O)[O-]. The van der Waals surface area contributed by atoms with Gasteiger partial charge < -0.3 is 4.90 Å². The molecule has 0 radical (unpaired) electrons. The molecule has 0 fully saturated rings. The van der Waals surface area contributed by atoms with Gasteiger partial charge in [-0.25, -0.2) is 0 Å². The minimum Gasteiger partial charge on any atom is -0.305 e. The van der Waals surface area contributed by atoms with Crippen molar-refractivity contribution in [1.29, 1.82) is 0 Å². The number of nitro groups is 1. The van der Waals surface area contributed by atoms with Gasteiger partial charge in [0.15, 0.2) is 0 Å². The maximum Gasteiger partial charge on any atom is 0.283 e. The third-order valence-corrected chi connectivity index (χ3v) is 4.05. The number of halogens is 1. The predicted molar refractivity (Wildman–Crippen MR) is 84.5 cm³/mol. The van der Waals surface area contributed by atoms with E-state index in [9.17, 15) is 14.9 Å². The number of para-hydroxylation sites is 1. The Morgan fingerprint density at radius 3 is 2.77 bits per heavy atom. The molecule has 0 aliphatic carbocycles. The molecule has 0 unspecified atom stereocenters. The highest BCUT2D eigenvalue weighted by Gasteiger charge is 2.34. The lowest BCUT2D eigenvalue weighted by atomic mass is 10.1. The molecule has 1 aliphatic heterocycles. The van der Waals surface area contributed by atoms with E-state index in [-0.39, 0.29) is 28.2 Å². The zero-order valence-electron chi connectivity index (χ0n) is 11.8. The lowest BCUT2D eigenvalue weighted by Gasteiger charge is -2.22. The first-order chi connectivity index (χ1) is 10.5. The monoisotopic (exact) mass is 316 g/mol. The number of hydrogen-bond acceptors (Lipinski definition) is 3. The molecule has 0 saturated heterocycles. The van der Waals surface area contributed by atoms with E-state index in [1.54, 1.807) is 4.90 Å². The normalized spacial score (nSPS) is 16.5. The molecular formula is C16H13ClN2O3. The van der Waals surface area contributed by atoms with Gasteiger partial charge in [0.05, 0.1) is 4.92 Å². The van der Waals surface area contributed by atoms with Gasteiger partial charge in [0.25, 0.3) is 11.6 Å². The van der Waals surface area contributed by atoms with Crippen LogP contribution in [0.3, 0.4) is 0 Å². The summed E-state index contributed by atoms with van der Waals surface area (Å²) in [6.07, 6.45) is 0.739. The number of nitro benzene ring substituents is 1. The van der Waals surface area contributed by atoms with Gasteiger partial charge in [-0.05, 0) is 37.1 Å². The number of anilines is 1. The molecule has 22 heavy (non-hydrogen) atoms. The van der Waals surface area contributed by atoms with Gasteiger partial charge in [0, 0.05) is 22.8 Å². The lowest BCUT2D eigenvalue weighted by Crippen LogP contribution is -2.36. The summed E-state index contributed by atoms with van der Waals surface area (Å²) in [6.45, 7) is 1.93. The topological polar surface area (TPSA) is 63.5 Å². The van der Waals surface area contributed by atoms with Gasteiger partial charge in [0.2, 0.25) is 0 Å². The van der Waals surface area contributed by atoms with E-state index < -0.39 is 4.92 Å². The molecule has 0 N–H and O–H groups in total. The summed E-state index contributed by atoms with van der Waals surface area (Å²) >= 11 is 5.81. The molecule has 1 amide bonds. The first-order valence-electron chi connectivity index (χ1n) is 6.84. The second-order valence-electron chi connectivity index (χ2n) is 5.28. The van der Waals surface area contributed by atoms with Crippen LogP contribution in [0.4, 0.5) is 11.4 Å². The number of hydrogen-bond donors (Lipinski definition) is 0. The quantitative estimate of drug-likeness (QED) is 0.624. The minimum absolute atomic E-state index is 0.0415. The Morgan fingerprint density at radius 2 is 2.05 bits per heavy atom. The van der Waals surface area contributed by atoms with Gasteiger partial charge >= 0.3 is 0 Å². The van der Waals surface area contributed by atoms with Crippen molar-refractivity contribution >= 4 is 28.9 Å². The standard InChI is InChI=1S/C16H13ClN2O3/c1-10-8-11-4-2-3-5-14(11)18(10)16(20)13-7-6-12(17)9-15(13)19(21)22/h2-7,9-10H,8H2,1H3/t10-/m0/s1. The number of amides is 1. The van der Waals surface area contributed by atoms with Gasteiger partial charge in [0.1, 0.15) is 5.56 Å². The Kier molecular flexibility index (Phi) is 3.58. The van der Waals surface area contributed by atoms with Crippen molar-refractivity contribution in [2.45, 2.75) is 19.4 Å². The van der Waals surface area contributed by atoms with Crippen LogP contribution in [0.2, 0.25) is 5.02 Å². The number of rotatable bonds is 2. The van der Waals surface area contributed by atoms with Crippen LogP contribution < -0.4 is 4.90 Å². The molecule has 0 bridgehead atoms. The van der Waals surface area contributed by atoms with Crippen molar-refractivity contribution in [2.24, 2.45) is 0 Å². The fraction of sp³-hybridized carbons (Fsp3) is 0.188. The van der Waals surface area contributed by atoms with Crippen LogP contribution in [0.1, 0.15) is 22.8 Å². The van der Waals surface area contributed by atoms with E-state index in [0.29, 0.717) is 0 Å². The molecule has 6 heteroatoms. The third kappa shape index (κ3) is 2.33. The third-order valence-electron chi connectivity index (χ3n) is 3.81. The summed E-state index contributed by atoms with van der Waals surface area (Å²) in [6, 6.07) is 11.7. The molecule has 0 saturated carbocycles. The first-order valence-corrected chi connectivity index (χ1v) is 7.22. The van der Waals surface area contributed by atoms with Crippen molar-refractivity contribution in [2.75, 3.05) is 4.90 Å². The number of nitrogens with zero attached hydrogens (tertiary/aromatic N) is 2. The maximum absolute atomic E-state index is 12.8. The summed E-state index contributed by atoms with van der Waals surface area (Å²) in [5, 5.41) is 11.4. The van der Waals surface area contributed by atoms with Crippen molar-refractivity contribution < 1.29 is 9.72 Å². The number of fused-ring (bicyclic) bond motifs is 1. The van der Waals surface area contributed by atoms with E-state index in [1.807, 2.05) is 31.2 Å². The minimum atomic E-state index is -0.578. The van der Waals surface area contributed by atoms with Crippen molar-refractivity contribution in [3.05, 3.63) is 68.7 Å². The average Bonchev–Trinajstić information content (AvgIpc) is 2.82. The molecule has 5 nitrogen and oxygen atoms in total. The summed E-state index contributed by atoms with van der Waals surface area (Å²) < 4.78 is 0. The average molecular weight is 317 g/mol. The van der Waals surface area contributed by atoms with Crippen LogP contribution >= 0.6 is 11.6 Å². The van der Waals surface area contributed by atoms with E-state index >= 15 is 0 Å². The molecule has 2 aromatic rings. The van der Waals surface area contributed by atoms with Crippen LogP contribution in [-0.2, 0) is 6.42 Å². The lowest BCUT2D eigenvalue weighted by molar-refractivity contribution is -0.385. The van der Waals surface area contributed by atoms with E-state index in [2.05, 4.69) is 0 Å². The largest absolute Gasteiger partial charge is 0.305 e. The second-order valence-corrected chi connectivity index (χ2v) is 5.71. The molecule has 3 rings (SSSR count). The van der Waals surface area contributed by atoms with Crippen molar-refractivity contribution in [3.63, 3.8) is 0 Å². The van der Waals surface area contributed by atoms with Crippen molar-refractivity contribution in [1.82, 2.24) is 0 Å². The number of benzene rings is 2. The molecule has 2 aromatic carbocycles. The fourth-order valence-corrected chi connectivity index (χ4v) is 3.01. The van der Waals surface area contributed by atoms with Gasteiger partial charge in [-0.15, -0.1) is 0 Å². The highest BCUT2D eigenvalue weighted by molar-refractivity contribution is 6.31. The van der Waals surface area contributed by atoms with Gasteiger partial charge in [-0.2, -0.15) is 0 Å². The molecule has 1 heterocycles. The van der Waals surface area contributed by atoms with Crippen LogP contribution in [0.25, 0.3) is 0 Å². The molecule has 1 atom stereocenters. The number of carbonyl (C=O) groups is 1. The highest BCUT2D eigenvalue weighted by Crippen LogP contribution is 2.35. The van der Waals surface area contributed by atoms with Crippen LogP contribution in [0.15, 0.2) is 42.5 Å². The Labute approximate surface area is 132 Å². The highest BCUT2D eigenvalue weighted by atomic mass is 35.5. The molecule has 112 valence electrons. The summed E-state index contributed by atoms with van der Waals surface area (Å²) in [4.78, 5) is 25.1. The Morgan fingerprint density at radius 1 is 1.32 bits per heavy atom. The van der Waals surface area contributed by atoms with Crippen molar-refractivity contribution in [3.8, 4) is 0 Å². The van der Waals surface area contributed by atoms with Gasteiger partial charge in [-0.3, -0.25) is 14.9 Å². The van der Waals surface area contributed by atoms with Crippen LogP contribution in [0, 0.1) is 10.1 Å². The summed E-state index contributed by atoms with van der Waals surface area (Å²) in [5.74, 6) is -0.374. The zero-order chi connectivity index (χ0) is 15.9. The molecule has 0 spiro atoms. The molecular weight excluding hydrogens is 304 g/mol. The maximum atomic E-state index is 12.8. The fourth-order valence-electron chi connectivity index (χ4n) is 2.84. The second kappa shape index (κ2) is 5.42. The first kappa shape index (κ1) is 14.5. The van der Waals surface area contributed by atoms with E-state index in [0.717, 1.165) is 17.7 Å². The van der Waals surface area contributed by atoms with Crippen LogP contribution in [0.5, 0.6) is 0 Å². The molecule has 1 aliphatic rings. The summed E-state index contributed by atoms with van der Waals surface area (Å²) in [7, 11) is 0. The van der Waals surface area contributed by atoms with E-state index in [1.165, 1.54) is 18.2 Å². The van der Waals surface area contributed by atoms with Gasteiger partial charge in [-0.1, -0.05) is 29.8 Å². The Balaban J connectivity index is 2.07. The summed E-state index contributed by atoms with van der Waals surface area (Å²) in [5.41, 5.74) is 1.66. The predicted octanol–water partition coefficient (Wildman–Crippen LogP) is 3.84. The van der Waals surface area contributed by atoms with E-state index in [4.69, 9.17) is 11.6 Å². The number of carbonyl (C=O) groups excluding carboxylic acids is 1. The Bertz CT molecular complexity index is 776. The Hall–Kier alpha value is -2.40. The zero-order valence-corrected chi connectivity index (χ0v) is 12.6. The smallest absolute Gasteiger partial charge is 0.283 e. The molecule has 0 aromatic heterocycles. The van der Waals surface area contributed by atoms with Crippen LogP contribution in [-0.4, -0.2) is 16.9 Å².